The van der Waals surface area contributed by atoms with Crippen molar-refractivity contribution in [2.75, 3.05) is 66.6 Å². The lowest BCUT2D eigenvalue weighted by atomic mass is 10.2. The molecule has 192 valence electrons. The van der Waals surface area contributed by atoms with Gasteiger partial charge in [0.2, 0.25) is 0 Å². The Kier molecular flexibility index (Phi) is 8.92. The number of nitrogens with zero attached hydrogens (tertiary/aromatic N) is 4. The lowest BCUT2D eigenvalue weighted by Crippen LogP contribution is -2.47. The van der Waals surface area contributed by atoms with E-state index in [1.165, 1.54) is 16.4 Å². The first-order valence-corrected chi connectivity index (χ1v) is 13.9. The van der Waals surface area contributed by atoms with Gasteiger partial charge < -0.3 is 20.3 Å². The number of benzene rings is 2. The molecule has 2 heterocycles. The zero-order valence-electron chi connectivity index (χ0n) is 19.8. The Morgan fingerprint density at radius 2 is 1.50 bits per heavy atom. The summed E-state index contributed by atoms with van der Waals surface area (Å²) < 4.78 is 34.4. The second-order valence-electron chi connectivity index (χ2n) is 8.23. The largest absolute Gasteiger partial charge is 0.378 e. The van der Waals surface area contributed by atoms with E-state index < -0.39 is 10.0 Å². The van der Waals surface area contributed by atoms with Gasteiger partial charge >= 0.3 is 0 Å². The van der Waals surface area contributed by atoms with Crippen LogP contribution in [0, 0.1) is 0 Å². The maximum Gasteiger partial charge on any atom is 0.264 e. The van der Waals surface area contributed by atoms with Crippen LogP contribution in [0.3, 0.4) is 0 Å². The average molecular weight is 551 g/mol. The Morgan fingerprint density at radius 1 is 0.889 bits per heavy atom. The number of hydrogen-bond donors (Lipinski definition) is 1. The minimum Gasteiger partial charge on any atom is -0.378 e. The third-order valence-corrected chi connectivity index (χ3v) is 8.24. The van der Waals surface area contributed by atoms with Gasteiger partial charge in [-0.1, -0.05) is 23.2 Å². The molecule has 1 saturated heterocycles. The monoisotopic (exact) mass is 549 g/mol. The molecule has 0 radical (unpaired) electrons. The smallest absolute Gasteiger partial charge is 0.264 e. The minimum atomic E-state index is -3.90. The molecule has 0 saturated carbocycles. The summed E-state index contributed by atoms with van der Waals surface area (Å²) in [5.41, 5.74) is 7.14. The Balaban J connectivity index is 1.60. The van der Waals surface area contributed by atoms with E-state index in [4.69, 9.17) is 33.7 Å². The van der Waals surface area contributed by atoms with E-state index in [2.05, 4.69) is 14.8 Å². The van der Waals surface area contributed by atoms with Crippen molar-refractivity contribution >= 4 is 50.4 Å². The van der Waals surface area contributed by atoms with Crippen molar-refractivity contribution in [2.45, 2.75) is 4.90 Å². The summed E-state index contributed by atoms with van der Waals surface area (Å²) in [6, 6.07) is 17.4. The van der Waals surface area contributed by atoms with E-state index in [1.54, 1.807) is 30.5 Å². The molecule has 2 aromatic carbocycles. The predicted molar refractivity (Wildman–Crippen MR) is 146 cm³/mol. The van der Waals surface area contributed by atoms with Crippen molar-refractivity contribution in [3.8, 4) is 0 Å². The summed E-state index contributed by atoms with van der Waals surface area (Å²) in [4.78, 5) is 9.14. The van der Waals surface area contributed by atoms with Gasteiger partial charge in [0, 0.05) is 54.7 Å². The molecule has 1 aliphatic heterocycles. The number of nitrogens with two attached hydrogens (primary N) is 1. The van der Waals surface area contributed by atoms with E-state index in [0.717, 1.165) is 18.8 Å². The number of aromatic nitrogens is 1. The number of rotatable bonds is 10. The molecule has 8 nitrogen and oxygen atoms in total. The van der Waals surface area contributed by atoms with Gasteiger partial charge in [0.05, 0.1) is 30.3 Å². The van der Waals surface area contributed by atoms with Gasteiger partial charge in [-0.3, -0.25) is 4.31 Å². The van der Waals surface area contributed by atoms with E-state index in [1.807, 2.05) is 24.3 Å². The maximum atomic E-state index is 13.7. The molecule has 0 bridgehead atoms. The molecule has 11 heteroatoms. The second kappa shape index (κ2) is 12.1. The average Bonchev–Trinajstić information content (AvgIpc) is 2.89. The Hall–Kier alpha value is -2.56. The highest BCUT2D eigenvalue weighted by molar-refractivity contribution is 7.92. The van der Waals surface area contributed by atoms with Crippen molar-refractivity contribution < 1.29 is 13.2 Å². The van der Waals surface area contributed by atoms with Crippen LogP contribution in [0.1, 0.15) is 0 Å². The molecular weight excluding hydrogens is 521 g/mol. The second-order valence-corrected chi connectivity index (χ2v) is 11.0. The highest BCUT2D eigenvalue weighted by Gasteiger charge is 2.30. The molecule has 3 aromatic rings. The van der Waals surface area contributed by atoms with E-state index in [9.17, 15) is 8.42 Å². The van der Waals surface area contributed by atoms with Crippen LogP contribution in [0.2, 0.25) is 10.0 Å². The van der Waals surface area contributed by atoms with Gasteiger partial charge in [0.1, 0.15) is 0 Å². The topological polar surface area (TPSA) is 92.0 Å². The third-order valence-electron chi connectivity index (χ3n) is 5.91. The summed E-state index contributed by atoms with van der Waals surface area (Å²) >= 11 is 12.0. The van der Waals surface area contributed by atoms with Crippen molar-refractivity contribution in [1.82, 2.24) is 4.98 Å². The van der Waals surface area contributed by atoms with Crippen LogP contribution in [-0.4, -0.2) is 65.9 Å². The van der Waals surface area contributed by atoms with Gasteiger partial charge in [0.25, 0.3) is 10.0 Å². The van der Waals surface area contributed by atoms with Crippen molar-refractivity contribution in [3.63, 3.8) is 0 Å². The number of halogens is 2. The molecule has 0 atom stereocenters. The lowest BCUT2D eigenvalue weighted by molar-refractivity contribution is 0.149. The number of hydrogen-bond acceptors (Lipinski definition) is 7. The molecule has 0 unspecified atom stereocenters. The van der Waals surface area contributed by atoms with Crippen LogP contribution < -0.4 is 19.8 Å². The Bertz CT molecular complexity index is 1240. The van der Waals surface area contributed by atoms with E-state index >= 15 is 0 Å². The molecule has 1 fully saturated rings. The van der Waals surface area contributed by atoms with Gasteiger partial charge in [-0.25, -0.2) is 13.4 Å². The molecule has 2 N–H and O–H groups in total. The van der Waals surface area contributed by atoms with Crippen LogP contribution >= 0.6 is 23.2 Å². The standard InChI is InChI=1S/C25H29Cl2N5O3S/c26-20-3-7-22(8-4-20)30-13-15-31(16-14-30)25-24(2-1-12-29-25)32(17-19-35-18-11-28)36(33,34)23-9-5-21(27)6-10-23/h1-10,12H,11,13-19,28H2. The van der Waals surface area contributed by atoms with E-state index in [-0.39, 0.29) is 18.0 Å². The molecule has 36 heavy (non-hydrogen) atoms. The molecule has 0 aliphatic carbocycles. The summed E-state index contributed by atoms with van der Waals surface area (Å²) in [6.07, 6.45) is 1.68. The zero-order valence-corrected chi connectivity index (χ0v) is 22.1. The number of pyridine rings is 1. The van der Waals surface area contributed by atoms with Crippen LogP contribution in [0.4, 0.5) is 17.2 Å². The van der Waals surface area contributed by atoms with Gasteiger partial charge in [0.15, 0.2) is 5.82 Å². The third kappa shape index (κ3) is 6.22. The van der Waals surface area contributed by atoms with Crippen molar-refractivity contribution in [1.29, 1.82) is 0 Å². The van der Waals surface area contributed by atoms with Gasteiger partial charge in [-0.15, -0.1) is 0 Å². The number of piperazine rings is 1. The SMILES string of the molecule is NCCOCCN(c1cccnc1N1CCN(c2ccc(Cl)cc2)CC1)S(=O)(=O)c1ccc(Cl)cc1. The first kappa shape index (κ1) is 26.5. The molecule has 1 aliphatic rings. The minimum absolute atomic E-state index is 0.119. The van der Waals surface area contributed by atoms with Crippen LogP contribution in [0.15, 0.2) is 71.8 Å². The summed E-state index contributed by atoms with van der Waals surface area (Å²) in [5, 5.41) is 1.17. The normalized spacial score (nSPS) is 14.2. The summed E-state index contributed by atoms with van der Waals surface area (Å²) in [6.45, 7) is 3.93. The van der Waals surface area contributed by atoms with Crippen LogP contribution in [-0.2, 0) is 14.8 Å². The quantitative estimate of drug-likeness (QED) is 0.383. The molecule has 0 spiro atoms. The highest BCUT2D eigenvalue weighted by atomic mass is 35.5. The van der Waals surface area contributed by atoms with E-state index in [0.29, 0.717) is 47.8 Å². The first-order chi connectivity index (χ1) is 17.4. The van der Waals surface area contributed by atoms with Crippen molar-refractivity contribution in [2.24, 2.45) is 5.73 Å². The fourth-order valence-corrected chi connectivity index (χ4v) is 5.79. The van der Waals surface area contributed by atoms with Gasteiger partial charge in [-0.2, -0.15) is 0 Å². The Morgan fingerprint density at radius 3 is 2.14 bits per heavy atom. The number of sulfonamides is 1. The number of anilines is 3. The lowest BCUT2D eigenvalue weighted by Gasteiger charge is -2.38. The maximum absolute atomic E-state index is 13.7. The molecule has 1 aromatic heterocycles. The molecule has 0 amide bonds. The fraction of sp³-hybridized carbons (Fsp3) is 0.320. The predicted octanol–water partition coefficient (Wildman–Crippen LogP) is 3.89. The Labute approximate surface area is 222 Å². The highest BCUT2D eigenvalue weighted by Crippen LogP contribution is 2.33. The zero-order chi connectivity index (χ0) is 25.5. The van der Waals surface area contributed by atoms with Crippen molar-refractivity contribution in [3.05, 3.63) is 76.9 Å². The van der Waals surface area contributed by atoms with Crippen LogP contribution in [0.25, 0.3) is 0 Å². The first-order valence-electron chi connectivity index (χ1n) is 11.7. The fourth-order valence-electron chi connectivity index (χ4n) is 4.09. The summed E-state index contributed by atoms with van der Waals surface area (Å²) in [7, 11) is -3.90. The van der Waals surface area contributed by atoms with Crippen LogP contribution in [0.5, 0.6) is 0 Å². The number of ether oxygens (including phenoxy) is 1. The summed E-state index contributed by atoms with van der Waals surface area (Å²) in [5.74, 6) is 0.615. The molecular formula is C25H29Cl2N5O3S. The van der Waals surface area contributed by atoms with Gasteiger partial charge in [-0.05, 0) is 60.7 Å². The molecule has 4 rings (SSSR count).